The van der Waals surface area contributed by atoms with Gasteiger partial charge in [0.2, 0.25) is 10.0 Å². The van der Waals surface area contributed by atoms with Crippen LogP contribution in [-0.4, -0.2) is 31.5 Å². The lowest BCUT2D eigenvalue weighted by Gasteiger charge is -2.06. The maximum atomic E-state index is 12.0. The average molecular weight is 356 g/mol. The van der Waals surface area contributed by atoms with Crippen LogP contribution in [0.1, 0.15) is 33.1 Å². The van der Waals surface area contributed by atoms with E-state index in [1.54, 1.807) is 6.92 Å². The second kappa shape index (κ2) is 9.08. The zero-order valence-electron chi connectivity index (χ0n) is 13.5. The van der Waals surface area contributed by atoms with E-state index in [0.29, 0.717) is 0 Å². The van der Waals surface area contributed by atoms with E-state index in [-0.39, 0.29) is 10.6 Å². The minimum atomic E-state index is -3.93. The number of hydrogen-bond donors (Lipinski definition) is 2. The van der Waals surface area contributed by atoms with Gasteiger partial charge in [0.15, 0.2) is 0 Å². The van der Waals surface area contributed by atoms with E-state index in [1.165, 1.54) is 0 Å². The Labute approximate surface area is 140 Å². The van der Waals surface area contributed by atoms with Gasteiger partial charge in [-0.2, -0.15) is 5.10 Å². The van der Waals surface area contributed by atoms with Crippen LogP contribution in [0, 0.1) is 10.1 Å². The van der Waals surface area contributed by atoms with Gasteiger partial charge in [0.05, 0.1) is 16.4 Å². The first-order valence-electron chi connectivity index (χ1n) is 7.32. The largest absolute Gasteiger partial charge is 0.272 e. The number of amides is 1. The molecule has 1 rings (SSSR count). The molecule has 0 saturated carbocycles. The Hall–Kier alpha value is -2.33. The second-order valence-electron chi connectivity index (χ2n) is 5.06. The third kappa shape index (κ3) is 6.42. The molecule has 0 aromatic heterocycles. The van der Waals surface area contributed by atoms with Gasteiger partial charge in [-0.25, -0.2) is 18.6 Å². The number of rotatable bonds is 9. The van der Waals surface area contributed by atoms with Crippen LogP contribution in [0.5, 0.6) is 0 Å². The highest BCUT2D eigenvalue weighted by Gasteiger charge is 2.16. The number of sulfonamides is 1. The fraction of sp³-hybridized carbons (Fsp3) is 0.429. The van der Waals surface area contributed by atoms with Crippen LogP contribution in [0.2, 0.25) is 0 Å². The van der Waals surface area contributed by atoms with Crippen molar-refractivity contribution in [3.8, 4) is 0 Å². The molecular weight excluding hydrogens is 336 g/mol. The maximum absolute atomic E-state index is 12.0. The highest BCUT2D eigenvalue weighted by molar-refractivity contribution is 7.89. The average Bonchev–Trinajstić information content (AvgIpc) is 2.56. The van der Waals surface area contributed by atoms with E-state index < -0.39 is 27.4 Å². The summed E-state index contributed by atoms with van der Waals surface area (Å²) in [5.41, 5.74) is 2.81. The minimum Gasteiger partial charge on any atom is -0.272 e. The third-order valence-corrected chi connectivity index (χ3v) is 4.46. The molecule has 1 aromatic carbocycles. The highest BCUT2D eigenvalue weighted by Crippen LogP contribution is 2.15. The molecule has 0 saturated heterocycles. The number of benzene rings is 1. The molecule has 132 valence electrons. The van der Waals surface area contributed by atoms with Crippen molar-refractivity contribution in [1.29, 1.82) is 0 Å². The lowest BCUT2D eigenvalue weighted by Crippen LogP contribution is -2.35. The molecule has 0 heterocycles. The van der Waals surface area contributed by atoms with Gasteiger partial charge in [-0.15, -0.1) is 0 Å². The van der Waals surface area contributed by atoms with Crippen molar-refractivity contribution >= 4 is 27.3 Å². The Bertz CT molecular complexity index is 713. The van der Waals surface area contributed by atoms with Gasteiger partial charge in [0.1, 0.15) is 0 Å². The smallest absolute Gasteiger partial charge is 0.269 e. The van der Waals surface area contributed by atoms with Crippen LogP contribution < -0.4 is 10.1 Å². The quantitative estimate of drug-likeness (QED) is 0.394. The number of hydrogen-bond acceptors (Lipinski definition) is 6. The van der Waals surface area contributed by atoms with E-state index in [4.69, 9.17) is 0 Å². The molecule has 2 N–H and O–H groups in total. The number of carbonyl (C=O) groups is 1. The molecule has 0 fully saturated rings. The molecule has 0 radical (unpaired) electrons. The van der Waals surface area contributed by atoms with Crippen molar-refractivity contribution in [2.75, 3.05) is 6.54 Å². The fourth-order valence-corrected chi connectivity index (χ4v) is 2.66. The fourth-order valence-electron chi connectivity index (χ4n) is 1.68. The predicted octanol–water partition coefficient (Wildman–Crippen LogP) is 1.56. The van der Waals surface area contributed by atoms with E-state index >= 15 is 0 Å². The van der Waals surface area contributed by atoms with Crippen LogP contribution in [0.4, 0.5) is 5.69 Å². The van der Waals surface area contributed by atoms with Gasteiger partial charge in [0.25, 0.3) is 11.6 Å². The summed E-state index contributed by atoms with van der Waals surface area (Å²) in [6.45, 7) is 3.33. The Morgan fingerprint density at radius 3 is 2.46 bits per heavy atom. The third-order valence-electron chi connectivity index (χ3n) is 3.04. The van der Waals surface area contributed by atoms with Gasteiger partial charge in [-0.1, -0.05) is 13.3 Å². The van der Waals surface area contributed by atoms with Crippen LogP contribution in [0.25, 0.3) is 0 Å². The molecule has 0 aliphatic carbocycles. The topological polar surface area (TPSA) is 131 Å². The lowest BCUT2D eigenvalue weighted by atomic mass is 10.2. The number of carbonyl (C=O) groups excluding carboxylic acids is 1. The minimum absolute atomic E-state index is 0.163. The number of unbranched alkanes of at least 4 members (excludes halogenated alkanes) is 1. The van der Waals surface area contributed by atoms with Gasteiger partial charge in [-0.3, -0.25) is 14.9 Å². The Morgan fingerprint density at radius 2 is 1.92 bits per heavy atom. The molecule has 0 bridgehead atoms. The van der Waals surface area contributed by atoms with Crippen LogP contribution in [0.15, 0.2) is 34.3 Å². The molecule has 10 heteroatoms. The zero-order valence-corrected chi connectivity index (χ0v) is 14.3. The molecule has 0 aliphatic heterocycles. The van der Waals surface area contributed by atoms with E-state index in [1.807, 2.05) is 6.92 Å². The first kappa shape index (κ1) is 19.7. The number of non-ortho nitro benzene ring substituents is 1. The van der Waals surface area contributed by atoms with Gasteiger partial charge < -0.3 is 0 Å². The molecule has 24 heavy (non-hydrogen) atoms. The monoisotopic (exact) mass is 356 g/mol. The summed E-state index contributed by atoms with van der Waals surface area (Å²) in [6.07, 6.45) is 2.72. The summed E-state index contributed by atoms with van der Waals surface area (Å²) in [4.78, 5) is 21.4. The number of nitro benzene ring substituents is 1. The number of nitrogens with one attached hydrogen (secondary N) is 2. The van der Waals surface area contributed by atoms with E-state index in [9.17, 15) is 23.3 Å². The predicted molar refractivity (Wildman–Crippen MR) is 89.1 cm³/mol. The van der Waals surface area contributed by atoms with Gasteiger partial charge in [-0.05, 0) is 31.9 Å². The molecular formula is C14H20N4O5S. The summed E-state index contributed by atoms with van der Waals surface area (Å²) in [5.74, 6) is -0.601. The highest BCUT2D eigenvalue weighted by atomic mass is 32.2. The maximum Gasteiger partial charge on any atom is 0.269 e. The lowest BCUT2D eigenvalue weighted by molar-refractivity contribution is -0.384. The molecule has 9 nitrogen and oxygen atoms in total. The Kier molecular flexibility index (Phi) is 7.46. The first-order valence-corrected chi connectivity index (χ1v) is 8.80. The van der Waals surface area contributed by atoms with Crippen molar-refractivity contribution < 1.29 is 18.1 Å². The Morgan fingerprint density at radius 1 is 1.29 bits per heavy atom. The summed E-state index contributed by atoms with van der Waals surface area (Å²) in [7, 11) is -3.93. The van der Waals surface area contributed by atoms with Crippen LogP contribution in [-0.2, 0) is 14.8 Å². The second-order valence-corrected chi connectivity index (χ2v) is 6.83. The SMILES string of the molecule is CCCCC(C)=NNC(=O)CNS(=O)(=O)c1ccc([N+](=O)[O-])cc1. The normalized spacial score (nSPS) is 12.0. The van der Waals surface area contributed by atoms with E-state index in [0.717, 1.165) is 49.2 Å². The van der Waals surface area contributed by atoms with Crippen molar-refractivity contribution in [3.63, 3.8) is 0 Å². The van der Waals surface area contributed by atoms with Gasteiger partial charge >= 0.3 is 0 Å². The number of nitrogens with zero attached hydrogens (tertiary/aromatic N) is 2. The van der Waals surface area contributed by atoms with Crippen molar-refractivity contribution in [3.05, 3.63) is 34.4 Å². The molecule has 0 aliphatic rings. The standard InChI is InChI=1S/C14H20N4O5S/c1-3-4-5-11(2)16-17-14(19)10-15-24(22,23)13-8-6-12(7-9-13)18(20)21/h6-9,15H,3-5,10H2,1-2H3,(H,17,19). The zero-order chi connectivity index (χ0) is 18.2. The molecule has 1 amide bonds. The molecule has 0 spiro atoms. The summed E-state index contributed by atoms with van der Waals surface area (Å²) < 4.78 is 26.1. The van der Waals surface area contributed by atoms with Crippen molar-refractivity contribution in [1.82, 2.24) is 10.1 Å². The number of hydrazone groups is 1. The van der Waals surface area contributed by atoms with Crippen molar-refractivity contribution in [2.45, 2.75) is 38.0 Å². The van der Waals surface area contributed by atoms with Crippen molar-refractivity contribution in [2.24, 2.45) is 5.10 Å². The first-order chi connectivity index (χ1) is 11.3. The molecule has 0 unspecified atom stereocenters. The number of nitro groups is 1. The molecule has 1 aromatic rings. The molecule has 0 atom stereocenters. The van der Waals surface area contributed by atoms with Gasteiger partial charge in [0, 0.05) is 17.8 Å². The summed E-state index contributed by atoms with van der Waals surface area (Å²) >= 11 is 0. The van der Waals surface area contributed by atoms with E-state index in [2.05, 4.69) is 15.2 Å². The van der Waals surface area contributed by atoms with Crippen LogP contribution >= 0.6 is 0 Å². The Balaban J connectivity index is 2.58. The summed E-state index contributed by atoms with van der Waals surface area (Å²) in [5, 5.41) is 14.4. The van der Waals surface area contributed by atoms with Crippen LogP contribution in [0.3, 0.4) is 0 Å². The summed E-state index contributed by atoms with van der Waals surface area (Å²) in [6, 6.07) is 4.36.